The van der Waals surface area contributed by atoms with Crippen molar-refractivity contribution in [2.75, 3.05) is 20.1 Å². The van der Waals surface area contributed by atoms with Crippen molar-refractivity contribution in [3.05, 3.63) is 52.3 Å². The van der Waals surface area contributed by atoms with Gasteiger partial charge in [0.15, 0.2) is 5.96 Å². The second kappa shape index (κ2) is 9.83. The van der Waals surface area contributed by atoms with Gasteiger partial charge in [0.25, 0.3) is 5.91 Å². The molecule has 1 aromatic heterocycles. The SMILES string of the molecule is CN=C(NCCCNC(=O)c1ccc(Br)cc1)NCc1ccnn1C. The van der Waals surface area contributed by atoms with E-state index in [2.05, 4.69) is 42.0 Å². The highest BCUT2D eigenvalue weighted by Crippen LogP contribution is 2.10. The summed E-state index contributed by atoms with van der Waals surface area (Å²) in [4.78, 5) is 16.2. The fraction of sp³-hybridized carbons (Fsp3) is 0.353. The van der Waals surface area contributed by atoms with Gasteiger partial charge in [0.05, 0.1) is 12.2 Å². The van der Waals surface area contributed by atoms with Gasteiger partial charge in [-0.05, 0) is 36.8 Å². The van der Waals surface area contributed by atoms with E-state index in [1.807, 2.05) is 29.9 Å². The van der Waals surface area contributed by atoms with E-state index in [-0.39, 0.29) is 5.91 Å². The third-order valence-corrected chi connectivity index (χ3v) is 4.15. The van der Waals surface area contributed by atoms with Crippen LogP contribution < -0.4 is 16.0 Å². The summed E-state index contributed by atoms with van der Waals surface area (Å²) in [5.74, 6) is 0.659. The molecule has 1 aromatic carbocycles. The molecule has 0 aliphatic rings. The Morgan fingerprint density at radius 1 is 1.16 bits per heavy atom. The molecule has 0 unspecified atom stereocenters. The molecule has 7 nitrogen and oxygen atoms in total. The summed E-state index contributed by atoms with van der Waals surface area (Å²) < 4.78 is 2.77. The Hall–Kier alpha value is -2.35. The summed E-state index contributed by atoms with van der Waals surface area (Å²) in [5, 5.41) is 13.5. The summed E-state index contributed by atoms with van der Waals surface area (Å²) in [6.07, 6.45) is 2.57. The molecule has 0 radical (unpaired) electrons. The lowest BCUT2D eigenvalue weighted by molar-refractivity contribution is 0.0953. The molecule has 0 saturated heterocycles. The van der Waals surface area contributed by atoms with Crippen LogP contribution in [-0.2, 0) is 13.6 Å². The summed E-state index contributed by atoms with van der Waals surface area (Å²) in [6, 6.07) is 9.25. The first-order chi connectivity index (χ1) is 12.1. The van der Waals surface area contributed by atoms with Crippen LogP contribution in [0.5, 0.6) is 0 Å². The number of carbonyl (C=O) groups excluding carboxylic acids is 1. The fourth-order valence-electron chi connectivity index (χ4n) is 2.17. The van der Waals surface area contributed by atoms with Crippen molar-refractivity contribution in [1.82, 2.24) is 25.7 Å². The number of hydrogen-bond donors (Lipinski definition) is 3. The van der Waals surface area contributed by atoms with Crippen LogP contribution >= 0.6 is 15.9 Å². The summed E-state index contributed by atoms with van der Waals surface area (Å²) in [7, 11) is 3.63. The van der Waals surface area contributed by atoms with Crippen LogP contribution in [0.1, 0.15) is 22.5 Å². The molecule has 25 heavy (non-hydrogen) atoms. The Bertz CT molecular complexity index is 710. The molecule has 0 saturated carbocycles. The molecular weight excluding hydrogens is 384 g/mol. The zero-order valence-electron chi connectivity index (χ0n) is 14.4. The van der Waals surface area contributed by atoms with Gasteiger partial charge < -0.3 is 16.0 Å². The first kappa shape index (κ1) is 19.0. The number of carbonyl (C=O) groups is 1. The molecular formula is C17H23BrN6O. The summed E-state index contributed by atoms with van der Waals surface area (Å²) in [5.41, 5.74) is 1.73. The van der Waals surface area contributed by atoms with Crippen molar-refractivity contribution in [3.8, 4) is 0 Å². The molecule has 0 aliphatic carbocycles. The number of guanidine groups is 1. The quantitative estimate of drug-likeness (QED) is 0.371. The average Bonchev–Trinajstić information content (AvgIpc) is 3.02. The van der Waals surface area contributed by atoms with E-state index in [0.717, 1.165) is 22.5 Å². The molecule has 2 rings (SSSR count). The van der Waals surface area contributed by atoms with Crippen LogP contribution in [-0.4, -0.2) is 41.8 Å². The van der Waals surface area contributed by atoms with Gasteiger partial charge >= 0.3 is 0 Å². The van der Waals surface area contributed by atoms with Crippen molar-refractivity contribution in [1.29, 1.82) is 0 Å². The highest BCUT2D eigenvalue weighted by Gasteiger charge is 2.04. The smallest absolute Gasteiger partial charge is 0.251 e. The number of hydrogen-bond acceptors (Lipinski definition) is 3. The Morgan fingerprint density at radius 3 is 2.52 bits per heavy atom. The van der Waals surface area contributed by atoms with Gasteiger partial charge in [-0.15, -0.1) is 0 Å². The summed E-state index contributed by atoms with van der Waals surface area (Å²) in [6.45, 7) is 1.96. The van der Waals surface area contributed by atoms with Gasteiger partial charge in [-0.2, -0.15) is 5.10 Å². The first-order valence-corrected chi connectivity index (χ1v) is 8.84. The molecule has 134 valence electrons. The highest BCUT2D eigenvalue weighted by molar-refractivity contribution is 9.10. The normalized spacial score (nSPS) is 11.2. The third-order valence-electron chi connectivity index (χ3n) is 3.62. The molecule has 2 aromatic rings. The number of halogens is 1. The average molecular weight is 407 g/mol. The molecule has 0 bridgehead atoms. The first-order valence-electron chi connectivity index (χ1n) is 8.05. The summed E-state index contributed by atoms with van der Waals surface area (Å²) >= 11 is 3.36. The second-order valence-corrected chi connectivity index (χ2v) is 6.33. The van der Waals surface area contributed by atoms with Crippen LogP contribution in [0.2, 0.25) is 0 Å². The van der Waals surface area contributed by atoms with Crippen LogP contribution in [0.15, 0.2) is 46.0 Å². The van der Waals surface area contributed by atoms with E-state index in [4.69, 9.17) is 0 Å². The minimum absolute atomic E-state index is 0.0637. The molecule has 8 heteroatoms. The van der Waals surface area contributed by atoms with E-state index in [1.165, 1.54) is 0 Å². The number of amides is 1. The molecule has 0 aliphatic heterocycles. The number of nitrogens with zero attached hydrogens (tertiary/aromatic N) is 3. The van der Waals surface area contributed by atoms with E-state index in [0.29, 0.717) is 25.2 Å². The van der Waals surface area contributed by atoms with Gasteiger partial charge in [-0.3, -0.25) is 14.5 Å². The predicted octanol–water partition coefficient (Wildman–Crippen LogP) is 1.67. The van der Waals surface area contributed by atoms with Gasteiger partial charge in [0.2, 0.25) is 0 Å². The molecule has 3 N–H and O–H groups in total. The largest absolute Gasteiger partial charge is 0.356 e. The van der Waals surface area contributed by atoms with E-state index in [1.54, 1.807) is 25.4 Å². The van der Waals surface area contributed by atoms with Crippen molar-refractivity contribution in [2.45, 2.75) is 13.0 Å². The van der Waals surface area contributed by atoms with Gasteiger partial charge in [0.1, 0.15) is 0 Å². The maximum atomic E-state index is 12.0. The minimum atomic E-state index is -0.0637. The monoisotopic (exact) mass is 406 g/mol. The van der Waals surface area contributed by atoms with Crippen LogP contribution in [0.4, 0.5) is 0 Å². The predicted molar refractivity (Wildman–Crippen MR) is 103 cm³/mol. The van der Waals surface area contributed by atoms with Crippen molar-refractivity contribution < 1.29 is 4.79 Å². The van der Waals surface area contributed by atoms with E-state index >= 15 is 0 Å². The zero-order valence-corrected chi connectivity index (χ0v) is 16.0. The maximum absolute atomic E-state index is 12.0. The number of aliphatic imine (C=N–C) groups is 1. The number of aryl methyl sites for hydroxylation is 1. The van der Waals surface area contributed by atoms with Crippen molar-refractivity contribution >= 4 is 27.8 Å². The zero-order chi connectivity index (χ0) is 18.1. The lowest BCUT2D eigenvalue weighted by Gasteiger charge is -2.12. The second-order valence-electron chi connectivity index (χ2n) is 5.42. The molecule has 0 fully saturated rings. The number of benzene rings is 1. The topological polar surface area (TPSA) is 83.3 Å². The van der Waals surface area contributed by atoms with Crippen molar-refractivity contribution in [3.63, 3.8) is 0 Å². The lowest BCUT2D eigenvalue weighted by atomic mass is 10.2. The number of rotatable bonds is 7. The molecule has 1 amide bonds. The van der Waals surface area contributed by atoms with E-state index in [9.17, 15) is 4.79 Å². The van der Waals surface area contributed by atoms with Gasteiger partial charge in [-0.1, -0.05) is 15.9 Å². The van der Waals surface area contributed by atoms with Gasteiger partial charge in [-0.25, -0.2) is 0 Å². The van der Waals surface area contributed by atoms with Crippen molar-refractivity contribution in [2.24, 2.45) is 12.0 Å². The maximum Gasteiger partial charge on any atom is 0.251 e. The Balaban J connectivity index is 1.63. The Kier molecular flexibility index (Phi) is 7.46. The van der Waals surface area contributed by atoms with Crippen LogP contribution in [0.25, 0.3) is 0 Å². The molecule has 0 spiro atoms. The standard InChI is InChI=1S/C17H23BrN6O/c1-19-17(22-12-15-8-11-23-24(15)2)21-10-3-9-20-16(25)13-4-6-14(18)7-5-13/h4-8,11H,3,9-10,12H2,1-2H3,(H,20,25)(H2,19,21,22). The van der Waals surface area contributed by atoms with Gasteiger partial charge in [0, 0.05) is 43.4 Å². The minimum Gasteiger partial charge on any atom is -0.356 e. The molecule has 0 atom stereocenters. The lowest BCUT2D eigenvalue weighted by Crippen LogP contribution is -2.38. The Labute approximate surface area is 156 Å². The third kappa shape index (κ3) is 6.22. The van der Waals surface area contributed by atoms with E-state index < -0.39 is 0 Å². The highest BCUT2D eigenvalue weighted by atomic mass is 79.9. The Morgan fingerprint density at radius 2 is 1.88 bits per heavy atom. The van der Waals surface area contributed by atoms with Crippen LogP contribution in [0, 0.1) is 0 Å². The fourth-order valence-corrected chi connectivity index (χ4v) is 2.43. The van der Waals surface area contributed by atoms with Crippen LogP contribution in [0.3, 0.4) is 0 Å². The number of nitrogens with one attached hydrogen (secondary N) is 3. The number of aromatic nitrogens is 2. The molecule has 1 heterocycles.